The lowest BCUT2D eigenvalue weighted by atomic mass is 10.0. The van der Waals surface area contributed by atoms with Gasteiger partial charge in [0, 0.05) is 38.3 Å². The third kappa shape index (κ3) is 3.56. The predicted octanol–water partition coefficient (Wildman–Crippen LogP) is 1.47. The summed E-state index contributed by atoms with van der Waals surface area (Å²) in [6.45, 7) is 5.83. The van der Waals surface area contributed by atoms with Crippen molar-refractivity contribution >= 4 is 0 Å². The van der Waals surface area contributed by atoms with Crippen molar-refractivity contribution in [1.82, 2.24) is 9.80 Å². The molecule has 0 aromatic heterocycles. The monoisotopic (exact) mass is 259 g/mol. The Morgan fingerprint density at radius 2 is 1.58 bits per heavy atom. The second-order valence-corrected chi connectivity index (χ2v) is 6.44. The van der Waals surface area contributed by atoms with Crippen molar-refractivity contribution in [2.45, 2.75) is 31.3 Å². The fourth-order valence-electron chi connectivity index (χ4n) is 2.77. The van der Waals surface area contributed by atoms with Crippen molar-refractivity contribution in [3.8, 4) is 0 Å². The largest absolute Gasteiger partial charge is 0.325 e. The molecule has 0 spiro atoms. The summed E-state index contributed by atoms with van der Waals surface area (Å²) in [4.78, 5) is 4.94. The number of hydrogen-bond donors (Lipinski definition) is 1. The lowest BCUT2D eigenvalue weighted by Crippen LogP contribution is -2.43. The van der Waals surface area contributed by atoms with Gasteiger partial charge in [-0.25, -0.2) is 0 Å². The lowest BCUT2D eigenvalue weighted by Gasteiger charge is -2.32. The smallest absolute Gasteiger partial charge is 0.0234 e. The summed E-state index contributed by atoms with van der Waals surface area (Å²) in [5.41, 5.74) is 9.11. The van der Waals surface area contributed by atoms with Gasteiger partial charge in [0.25, 0.3) is 0 Å². The van der Waals surface area contributed by atoms with Gasteiger partial charge in [-0.05, 0) is 37.4 Å². The Balaban J connectivity index is 1.54. The summed E-state index contributed by atoms with van der Waals surface area (Å²) in [5.74, 6) is 0. The first-order valence-corrected chi connectivity index (χ1v) is 7.41. The van der Waals surface area contributed by atoms with Crippen LogP contribution in [0.1, 0.15) is 24.0 Å². The van der Waals surface area contributed by atoms with Crippen LogP contribution in [0.2, 0.25) is 0 Å². The summed E-state index contributed by atoms with van der Waals surface area (Å²) in [5, 5.41) is 0. The third-order valence-electron chi connectivity index (χ3n) is 4.47. The van der Waals surface area contributed by atoms with E-state index in [9.17, 15) is 0 Å². The van der Waals surface area contributed by atoms with Crippen LogP contribution in [0, 0.1) is 0 Å². The zero-order chi connectivity index (χ0) is 13.3. The van der Waals surface area contributed by atoms with Crippen LogP contribution in [0.4, 0.5) is 0 Å². The molecule has 2 fully saturated rings. The van der Waals surface area contributed by atoms with Gasteiger partial charge in [-0.3, -0.25) is 4.90 Å². The Morgan fingerprint density at radius 3 is 2.16 bits per heavy atom. The van der Waals surface area contributed by atoms with Crippen molar-refractivity contribution in [1.29, 1.82) is 0 Å². The van der Waals surface area contributed by atoms with Crippen molar-refractivity contribution in [2.24, 2.45) is 5.73 Å². The number of nitrogens with zero attached hydrogens (tertiary/aromatic N) is 2. The van der Waals surface area contributed by atoms with E-state index < -0.39 is 0 Å². The zero-order valence-corrected chi connectivity index (χ0v) is 11.9. The maximum Gasteiger partial charge on any atom is 0.0234 e. The predicted molar refractivity (Wildman–Crippen MR) is 79.1 cm³/mol. The summed E-state index contributed by atoms with van der Waals surface area (Å²) < 4.78 is 0. The number of nitrogens with two attached hydrogens (primary N) is 1. The van der Waals surface area contributed by atoms with Crippen LogP contribution in [-0.4, -0.2) is 48.6 Å². The Labute approximate surface area is 116 Å². The van der Waals surface area contributed by atoms with Crippen LogP contribution < -0.4 is 5.73 Å². The molecule has 3 rings (SSSR count). The van der Waals surface area contributed by atoms with E-state index in [0.29, 0.717) is 0 Å². The van der Waals surface area contributed by atoms with Gasteiger partial charge in [-0.15, -0.1) is 0 Å². The summed E-state index contributed by atoms with van der Waals surface area (Å²) in [6.07, 6.45) is 3.42. The molecule has 1 heterocycles. The first kappa shape index (κ1) is 13.1. The van der Waals surface area contributed by atoms with E-state index in [0.717, 1.165) is 13.0 Å². The maximum atomic E-state index is 6.17. The third-order valence-corrected chi connectivity index (χ3v) is 4.47. The van der Waals surface area contributed by atoms with E-state index in [4.69, 9.17) is 5.73 Å². The highest BCUT2D eigenvalue weighted by molar-refractivity contribution is 5.25. The molecule has 0 unspecified atom stereocenters. The average molecular weight is 259 g/mol. The fraction of sp³-hybridized carbons (Fsp3) is 0.625. The molecule has 1 aliphatic heterocycles. The van der Waals surface area contributed by atoms with Crippen LogP contribution in [0.5, 0.6) is 0 Å². The molecule has 0 radical (unpaired) electrons. The minimum Gasteiger partial charge on any atom is -0.325 e. The van der Waals surface area contributed by atoms with Gasteiger partial charge in [0.05, 0.1) is 0 Å². The molecule has 1 aromatic rings. The molecule has 1 aliphatic carbocycles. The van der Waals surface area contributed by atoms with Crippen molar-refractivity contribution in [2.75, 3.05) is 33.2 Å². The molecule has 0 bridgehead atoms. The number of hydrogen-bond acceptors (Lipinski definition) is 3. The van der Waals surface area contributed by atoms with Gasteiger partial charge in [0.1, 0.15) is 0 Å². The van der Waals surface area contributed by atoms with Crippen LogP contribution >= 0.6 is 0 Å². The van der Waals surface area contributed by atoms with E-state index in [1.54, 1.807) is 0 Å². The molecule has 1 saturated carbocycles. The topological polar surface area (TPSA) is 32.5 Å². The van der Waals surface area contributed by atoms with Crippen LogP contribution in [0.25, 0.3) is 0 Å². The first-order chi connectivity index (χ1) is 9.13. The molecule has 1 saturated heterocycles. The molecule has 0 amide bonds. The number of piperazine rings is 1. The number of likely N-dealkylation sites (N-methyl/N-ethyl adjacent to an activating group) is 1. The van der Waals surface area contributed by atoms with Gasteiger partial charge in [0.15, 0.2) is 0 Å². The molecular weight excluding hydrogens is 234 g/mol. The normalized spacial score (nSPS) is 23.5. The number of benzene rings is 1. The maximum absolute atomic E-state index is 6.17. The fourth-order valence-corrected chi connectivity index (χ4v) is 2.77. The van der Waals surface area contributed by atoms with Crippen LogP contribution in [-0.2, 0) is 13.0 Å². The van der Waals surface area contributed by atoms with Crippen molar-refractivity contribution < 1.29 is 0 Å². The van der Waals surface area contributed by atoms with E-state index in [-0.39, 0.29) is 5.54 Å². The Kier molecular flexibility index (Phi) is 3.61. The lowest BCUT2D eigenvalue weighted by molar-refractivity contribution is 0.148. The highest BCUT2D eigenvalue weighted by Crippen LogP contribution is 2.35. The Morgan fingerprint density at radius 1 is 1.00 bits per heavy atom. The highest BCUT2D eigenvalue weighted by Gasteiger charge is 2.37. The quantitative estimate of drug-likeness (QED) is 0.889. The number of rotatable bonds is 4. The zero-order valence-electron chi connectivity index (χ0n) is 11.9. The molecule has 3 heteroatoms. The van der Waals surface area contributed by atoms with Gasteiger partial charge in [0.2, 0.25) is 0 Å². The molecular formula is C16H25N3. The molecule has 3 nitrogen and oxygen atoms in total. The minimum absolute atomic E-state index is 0.124. The summed E-state index contributed by atoms with van der Waals surface area (Å²) >= 11 is 0. The van der Waals surface area contributed by atoms with Crippen LogP contribution in [0.3, 0.4) is 0 Å². The van der Waals surface area contributed by atoms with Crippen molar-refractivity contribution in [3.05, 3.63) is 35.4 Å². The van der Waals surface area contributed by atoms with E-state index in [1.165, 1.54) is 50.1 Å². The molecule has 19 heavy (non-hydrogen) atoms. The summed E-state index contributed by atoms with van der Waals surface area (Å²) in [7, 11) is 2.20. The standard InChI is InChI=1S/C16H25N3/c1-18-8-10-19(11-9-18)13-15-4-2-14(3-5-15)12-16(17)6-7-16/h2-5H,6-13,17H2,1H3. The van der Waals surface area contributed by atoms with E-state index in [2.05, 4.69) is 41.1 Å². The highest BCUT2D eigenvalue weighted by atomic mass is 15.2. The second-order valence-electron chi connectivity index (χ2n) is 6.44. The van der Waals surface area contributed by atoms with Gasteiger partial charge >= 0.3 is 0 Å². The van der Waals surface area contributed by atoms with E-state index in [1.807, 2.05) is 0 Å². The Hall–Kier alpha value is -0.900. The van der Waals surface area contributed by atoms with Gasteiger partial charge < -0.3 is 10.6 Å². The molecule has 2 aliphatic rings. The molecule has 1 aromatic carbocycles. The minimum atomic E-state index is 0.124. The SMILES string of the molecule is CN1CCN(Cc2ccc(CC3(N)CC3)cc2)CC1. The van der Waals surface area contributed by atoms with Gasteiger partial charge in [-0.1, -0.05) is 24.3 Å². The molecule has 2 N–H and O–H groups in total. The van der Waals surface area contributed by atoms with Crippen LogP contribution in [0.15, 0.2) is 24.3 Å². The Bertz CT molecular complexity index is 414. The van der Waals surface area contributed by atoms with E-state index >= 15 is 0 Å². The van der Waals surface area contributed by atoms with Gasteiger partial charge in [-0.2, -0.15) is 0 Å². The second kappa shape index (κ2) is 5.23. The molecule has 104 valence electrons. The van der Waals surface area contributed by atoms with Crippen molar-refractivity contribution in [3.63, 3.8) is 0 Å². The average Bonchev–Trinajstić information content (AvgIpc) is 3.12. The summed E-state index contributed by atoms with van der Waals surface area (Å²) in [6, 6.07) is 9.08. The first-order valence-electron chi connectivity index (χ1n) is 7.41. The molecule has 0 atom stereocenters.